The van der Waals surface area contributed by atoms with Crippen molar-refractivity contribution in [1.82, 2.24) is 14.8 Å². The monoisotopic (exact) mass is 332 g/mol. The predicted molar refractivity (Wildman–Crippen MR) is 90.2 cm³/mol. The summed E-state index contributed by atoms with van der Waals surface area (Å²) in [5, 5.41) is 9.23. The van der Waals surface area contributed by atoms with E-state index in [1.807, 2.05) is 0 Å². The summed E-state index contributed by atoms with van der Waals surface area (Å²) >= 11 is 0. The van der Waals surface area contributed by atoms with Crippen LogP contribution in [0.4, 0.5) is 5.95 Å². The average molecular weight is 332 g/mol. The van der Waals surface area contributed by atoms with E-state index in [9.17, 15) is 0 Å². The summed E-state index contributed by atoms with van der Waals surface area (Å²) in [7, 11) is 0. The molecule has 4 fully saturated rings. The average Bonchev–Trinajstić information content (AvgIpc) is 3.50. The second-order valence-corrected chi connectivity index (χ2v) is 8.20. The largest absolute Gasteiger partial charge is 0.381 e. The van der Waals surface area contributed by atoms with Gasteiger partial charge in [0.2, 0.25) is 5.95 Å². The Hall–Kier alpha value is -1.14. The molecule has 2 aliphatic heterocycles. The molecule has 132 valence electrons. The van der Waals surface area contributed by atoms with E-state index in [1.54, 1.807) is 0 Å². The zero-order chi connectivity index (χ0) is 16.1. The van der Waals surface area contributed by atoms with Gasteiger partial charge in [0.05, 0.1) is 18.8 Å². The van der Waals surface area contributed by atoms with Crippen molar-refractivity contribution in [3.05, 3.63) is 5.82 Å². The van der Waals surface area contributed by atoms with Gasteiger partial charge in [0.15, 0.2) is 0 Å². The first kappa shape index (κ1) is 15.1. The summed E-state index contributed by atoms with van der Waals surface area (Å²) in [6, 6.07) is 0. The van der Waals surface area contributed by atoms with Gasteiger partial charge >= 0.3 is 0 Å². The lowest BCUT2D eigenvalue weighted by Crippen LogP contribution is -2.48. The van der Waals surface area contributed by atoms with Crippen molar-refractivity contribution in [2.45, 2.75) is 63.7 Å². The molecule has 2 saturated carbocycles. The molecule has 1 aromatic rings. The van der Waals surface area contributed by atoms with Crippen LogP contribution in [0.1, 0.15) is 50.8 Å². The lowest BCUT2D eigenvalue weighted by atomic mass is 10.1. The minimum Gasteiger partial charge on any atom is -0.381 e. The molecule has 0 bridgehead atoms. The molecule has 0 spiro atoms. The molecular formula is C18H28N4O2. The predicted octanol–water partition coefficient (Wildman–Crippen LogP) is 2.20. The first-order valence-electron chi connectivity index (χ1n) is 9.69. The van der Waals surface area contributed by atoms with Crippen LogP contribution < -0.4 is 4.90 Å². The second kappa shape index (κ2) is 5.99. The highest BCUT2D eigenvalue weighted by Gasteiger charge is 2.39. The number of morpholine rings is 1. The van der Waals surface area contributed by atoms with Crippen LogP contribution >= 0.6 is 0 Å². The third-order valence-electron chi connectivity index (χ3n) is 5.88. The molecule has 3 unspecified atom stereocenters. The molecule has 3 heterocycles. The van der Waals surface area contributed by atoms with Crippen molar-refractivity contribution < 1.29 is 9.47 Å². The van der Waals surface area contributed by atoms with Gasteiger partial charge in [-0.15, -0.1) is 10.2 Å². The quantitative estimate of drug-likeness (QED) is 0.827. The van der Waals surface area contributed by atoms with E-state index in [1.165, 1.54) is 31.5 Å². The smallest absolute Gasteiger partial charge is 0.227 e. The van der Waals surface area contributed by atoms with Gasteiger partial charge in [-0.3, -0.25) is 4.57 Å². The number of rotatable bonds is 5. The SMILES string of the molecule is CC1CN(c2nnc(C3CC3)n2CC2CCOC2)CC(C2CC2)O1. The number of aromatic nitrogens is 3. The van der Waals surface area contributed by atoms with Crippen LogP contribution in [0.15, 0.2) is 0 Å². The van der Waals surface area contributed by atoms with Gasteiger partial charge in [-0.05, 0) is 44.9 Å². The Balaban J connectivity index is 1.41. The summed E-state index contributed by atoms with van der Waals surface area (Å²) in [5.41, 5.74) is 0. The summed E-state index contributed by atoms with van der Waals surface area (Å²) in [5.74, 6) is 4.28. The van der Waals surface area contributed by atoms with Gasteiger partial charge in [0.1, 0.15) is 5.82 Å². The third kappa shape index (κ3) is 2.94. The Morgan fingerprint density at radius 2 is 1.96 bits per heavy atom. The Morgan fingerprint density at radius 1 is 1.08 bits per heavy atom. The van der Waals surface area contributed by atoms with Crippen molar-refractivity contribution in [1.29, 1.82) is 0 Å². The maximum atomic E-state index is 6.18. The minimum absolute atomic E-state index is 0.272. The van der Waals surface area contributed by atoms with Gasteiger partial charge in [0.25, 0.3) is 0 Å². The molecule has 3 atom stereocenters. The molecule has 24 heavy (non-hydrogen) atoms. The van der Waals surface area contributed by atoms with Gasteiger partial charge in [-0.25, -0.2) is 0 Å². The highest BCUT2D eigenvalue weighted by Crippen LogP contribution is 2.41. The van der Waals surface area contributed by atoms with Crippen LogP contribution in [0.25, 0.3) is 0 Å². The standard InChI is InChI=1S/C18H28N4O2/c1-12-8-21(10-16(24-12)14-2-3-14)18-20-19-17(15-4-5-15)22(18)9-13-6-7-23-11-13/h12-16H,2-11H2,1H3. The Morgan fingerprint density at radius 3 is 2.67 bits per heavy atom. The zero-order valence-corrected chi connectivity index (χ0v) is 14.6. The Labute approximate surface area is 143 Å². The van der Waals surface area contributed by atoms with Crippen molar-refractivity contribution in [3.8, 4) is 0 Å². The molecule has 0 amide bonds. The first-order chi connectivity index (χ1) is 11.8. The fraction of sp³-hybridized carbons (Fsp3) is 0.889. The van der Waals surface area contributed by atoms with Crippen molar-refractivity contribution >= 4 is 5.95 Å². The van der Waals surface area contributed by atoms with Crippen LogP contribution in [0.3, 0.4) is 0 Å². The highest BCUT2D eigenvalue weighted by atomic mass is 16.5. The van der Waals surface area contributed by atoms with Crippen LogP contribution in [-0.2, 0) is 16.0 Å². The second-order valence-electron chi connectivity index (χ2n) is 8.20. The molecule has 2 aliphatic carbocycles. The molecule has 0 aromatic carbocycles. The Bertz CT molecular complexity index is 590. The third-order valence-corrected chi connectivity index (χ3v) is 5.88. The van der Waals surface area contributed by atoms with E-state index in [0.717, 1.165) is 51.1 Å². The molecule has 0 radical (unpaired) electrons. The van der Waals surface area contributed by atoms with E-state index >= 15 is 0 Å². The normalized spacial score (nSPS) is 34.0. The fourth-order valence-corrected chi connectivity index (χ4v) is 4.22. The van der Waals surface area contributed by atoms with Crippen LogP contribution in [0, 0.1) is 11.8 Å². The van der Waals surface area contributed by atoms with Crippen molar-refractivity contribution in [2.75, 3.05) is 31.2 Å². The van der Waals surface area contributed by atoms with Gasteiger partial charge in [-0.2, -0.15) is 0 Å². The van der Waals surface area contributed by atoms with Crippen molar-refractivity contribution in [2.24, 2.45) is 11.8 Å². The number of ether oxygens (including phenoxy) is 2. The number of nitrogens with zero attached hydrogens (tertiary/aromatic N) is 4. The molecule has 6 heteroatoms. The van der Waals surface area contributed by atoms with E-state index in [0.29, 0.717) is 17.9 Å². The van der Waals surface area contributed by atoms with Gasteiger partial charge in [-0.1, -0.05) is 0 Å². The van der Waals surface area contributed by atoms with Crippen LogP contribution in [0.2, 0.25) is 0 Å². The van der Waals surface area contributed by atoms with E-state index in [2.05, 4.69) is 26.6 Å². The summed E-state index contributed by atoms with van der Waals surface area (Å²) in [4.78, 5) is 2.44. The Kier molecular flexibility index (Phi) is 3.78. The molecule has 0 N–H and O–H groups in total. The summed E-state index contributed by atoms with van der Waals surface area (Å²) < 4.78 is 14.2. The van der Waals surface area contributed by atoms with E-state index < -0.39 is 0 Å². The highest BCUT2D eigenvalue weighted by molar-refractivity contribution is 5.34. The number of anilines is 1. The summed E-state index contributed by atoms with van der Waals surface area (Å²) in [6.07, 6.45) is 6.99. The topological polar surface area (TPSA) is 52.4 Å². The van der Waals surface area contributed by atoms with Crippen LogP contribution in [0.5, 0.6) is 0 Å². The molecule has 1 aromatic heterocycles. The maximum Gasteiger partial charge on any atom is 0.227 e. The maximum absolute atomic E-state index is 6.18. The molecule has 2 saturated heterocycles. The zero-order valence-electron chi connectivity index (χ0n) is 14.6. The first-order valence-corrected chi connectivity index (χ1v) is 9.69. The molecule has 5 rings (SSSR count). The van der Waals surface area contributed by atoms with Crippen LogP contribution in [-0.4, -0.2) is 53.3 Å². The summed E-state index contributed by atoms with van der Waals surface area (Å²) in [6.45, 7) is 6.88. The molecular weight excluding hydrogens is 304 g/mol. The molecule has 4 aliphatic rings. The minimum atomic E-state index is 0.272. The lowest BCUT2D eigenvalue weighted by molar-refractivity contribution is -0.0278. The van der Waals surface area contributed by atoms with Crippen molar-refractivity contribution in [3.63, 3.8) is 0 Å². The molecule has 6 nitrogen and oxygen atoms in total. The van der Waals surface area contributed by atoms with Gasteiger partial charge in [0, 0.05) is 38.1 Å². The van der Waals surface area contributed by atoms with E-state index in [4.69, 9.17) is 9.47 Å². The van der Waals surface area contributed by atoms with Gasteiger partial charge < -0.3 is 14.4 Å². The lowest BCUT2D eigenvalue weighted by Gasteiger charge is -2.37. The fourth-order valence-electron chi connectivity index (χ4n) is 4.22. The van der Waals surface area contributed by atoms with E-state index in [-0.39, 0.29) is 6.10 Å². The number of hydrogen-bond donors (Lipinski definition) is 0. The number of hydrogen-bond acceptors (Lipinski definition) is 5.